The van der Waals surface area contributed by atoms with Crippen LogP contribution in [0, 0.1) is 20.2 Å². The molecule has 0 rings (SSSR count). The summed E-state index contributed by atoms with van der Waals surface area (Å²) in [5.41, 5.74) is 0. The maximum absolute atomic E-state index is 11.3. The first-order valence-electron chi connectivity index (χ1n) is 5.88. The number of nitrogens with zero attached hydrogens (tertiary/aromatic N) is 2. The molecule has 0 aliphatic rings. The molecule has 0 spiro atoms. The first-order valence-corrected chi connectivity index (χ1v) is 5.88. The average Bonchev–Trinajstić information content (AvgIpc) is 2.34. The van der Waals surface area contributed by atoms with E-state index in [4.69, 9.17) is 5.11 Å². The van der Waals surface area contributed by atoms with Crippen molar-refractivity contribution in [3.05, 3.63) is 20.2 Å². The van der Waals surface area contributed by atoms with E-state index < -0.39 is 34.8 Å². The lowest BCUT2D eigenvalue weighted by molar-refractivity contribution is -0.790. The summed E-state index contributed by atoms with van der Waals surface area (Å²) in [5, 5.41) is 28.7. The summed E-state index contributed by atoms with van der Waals surface area (Å²) in [5.74, 6) is -1.47. The fraction of sp³-hybridized carbons (Fsp3) is 0.778. The van der Waals surface area contributed by atoms with Crippen LogP contribution in [0.5, 0.6) is 0 Å². The van der Waals surface area contributed by atoms with Crippen LogP contribution in [-0.4, -0.2) is 46.4 Å². The topological polar surface area (TPSA) is 171 Å². The van der Waals surface area contributed by atoms with E-state index in [9.17, 15) is 29.8 Å². The number of rotatable bonds is 12. The third kappa shape index (κ3) is 12.1. The molecule has 2 N–H and O–H groups in total. The van der Waals surface area contributed by atoms with Gasteiger partial charge in [0, 0.05) is 13.0 Å². The van der Waals surface area contributed by atoms with E-state index in [1.807, 2.05) is 0 Å². The van der Waals surface area contributed by atoms with E-state index in [0.29, 0.717) is 0 Å². The van der Waals surface area contributed by atoms with Crippen molar-refractivity contribution in [3.63, 3.8) is 0 Å². The first-order chi connectivity index (χ1) is 9.81. The fourth-order valence-electron chi connectivity index (χ4n) is 1.32. The van der Waals surface area contributed by atoms with Gasteiger partial charge in [-0.1, -0.05) is 0 Å². The zero-order valence-corrected chi connectivity index (χ0v) is 10.9. The zero-order valence-electron chi connectivity index (χ0n) is 10.9. The molecule has 0 saturated carbocycles. The molecule has 120 valence electrons. The lowest BCUT2D eigenvalue weighted by Crippen LogP contribution is -2.27. The Morgan fingerprint density at radius 3 is 2.38 bits per heavy atom. The van der Waals surface area contributed by atoms with Crippen LogP contribution in [0.25, 0.3) is 0 Å². The van der Waals surface area contributed by atoms with Crippen molar-refractivity contribution >= 4 is 11.9 Å². The number of hydrogen-bond donors (Lipinski definition) is 2. The molecule has 0 radical (unpaired) electrons. The Morgan fingerprint density at radius 2 is 1.86 bits per heavy atom. The molecule has 0 aliphatic heterocycles. The van der Waals surface area contributed by atoms with Gasteiger partial charge in [-0.25, -0.2) is 0 Å². The second-order valence-corrected chi connectivity index (χ2v) is 3.86. The summed E-state index contributed by atoms with van der Waals surface area (Å²) in [6, 6.07) is 0. The number of carbonyl (C=O) groups excluding carboxylic acids is 1. The molecule has 12 heteroatoms. The summed E-state index contributed by atoms with van der Waals surface area (Å²) in [4.78, 5) is 49.8. The second-order valence-electron chi connectivity index (χ2n) is 3.86. The highest BCUT2D eigenvalue weighted by Crippen LogP contribution is 2.06. The largest absolute Gasteiger partial charge is 0.481 e. The SMILES string of the molecule is O=C(O)CCNC(=O)CCCC(CO[N+](=O)[O-])O[N+](=O)[O-]. The van der Waals surface area contributed by atoms with Crippen molar-refractivity contribution in [2.24, 2.45) is 0 Å². The van der Waals surface area contributed by atoms with Crippen LogP contribution in [0.15, 0.2) is 0 Å². The Balaban J connectivity index is 3.94. The highest BCUT2D eigenvalue weighted by molar-refractivity contribution is 5.76. The summed E-state index contributed by atoms with van der Waals surface area (Å²) in [7, 11) is 0. The Labute approximate surface area is 118 Å². The number of carbonyl (C=O) groups is 2. The van der Waals surface area contributed by atoms with Gasteiger partial charge in [-0.15, -0.1) is 20.2 Å². The monoisotopic (exact) mass is 309 g/mol. The van der Waals surface area contributed by atoms with Gasteiger partial charge in [-0.3, -0.25) is 9.59 Å². The highest BCUT2D eigenvalue weighted by atomic mass is 17.0. The lowest BCUT2D eigenvalue weighted by atomic mass is 10.1. The quantitative estimate of drug-likeness (QED) is 0.357. The zero-order chi connectivity index (χ0) is 16.3. The van der Waals surface area contributed by atoms with Crippen LogP contribution < -0.4 is 5.32 Å². The minimum absolute atomic E-state index is 0.00116. The molecule has 0 heterocycles. The van der Waals surface area contributed by atoms with E-state index in [1.54, 1.807) is 0 Å². The molecule has 0 aliphatic carbocycles. The first kappa shape index (κ1) is 18.3. The number of carboxylic acids is 1. The van der Waals surface area contributed by atoms with E-state index in [1.165, 1.54) is 0 Å². The summed E-state index contributed by atoms with van der Waals surface area (Å²) < 4.78 is 0. The van der Waals surface area contributed by atoms with Crippen molar-refractivity contribution in [2.75, 3.05) is 13.2 Å². The Hall–Kier alpha value is -2.66. The van der Waals surface area contributed by atoms with Crippen molar-refractivity contribution in [1.29, 1.82) is 0 Å². The van der Waals surface area contributed by atoms with Crippen LogP contribution in [0.3, 0.4) is 0 Å². The van der Waals surface area contributed by atoms with Gasteiger partial charge in [-0.05, 0) is 12.8 Å². The van der Waals surface area contributed by atoms with Crippen LogP contribution in [0.2, 0.25) is 0 Å². The third-order valence-electron chi connectivity index (χ3n) is 2.19. The van der Waals surface area contributed by atoms with Gasteiger partial charge in [0.2, 0.25) is 5.91 Å². The molecule has 0 saturated heterocycles. The molecule has 0 fully saturated rings. The molecule has 1 amide bonds. The molecule has 0 aromatic carbocycles. The van der Waals surface area contributed by atoms with E-state index >= 15 is 0 Å². The molecule has 0 aromatic rings. The van der Waals surface area contributed by atoms with Crippen LogP contribution in [0.1, 0.15) is 25.7 Å². The van der Waals surface area contributed by atoms with Gasteiger partial charge in [0.1, 0.15) is 12.7 Å². The Morgan fingerprint density at radius 1 is 1.19 bits per heavy atom. The molecular formula is C9H15N3O9. The van der Waals surface area contributed by atoms with Crippen molar-refractivity contribution in [3.8, 4) is 0 Å². The minimum atomic E-state index is -1.16. The lowest BCUT2D eigenvalue weighted by Gasteiger charge is -2.13. The minimum Gasteiger partial charge on any atom is -0.481 e. The fourth-order valence-corrected chi connectivity index (χ4v) is 1.32. The highest BCUT2D eigenvalue weighted by Gasteiger charge is 2.16. The molecule has 0 bridgehead atoms. The van der Waals surface area contributed by atoms with Gasteiger partial charge in [0.05, 0.1) is 6.42 Å². The van der Waals surface area contributed by atoms with Gasteiger partial charge < -0.3 is 20.1 Å². The van der Waals surface area contributed by atoms with Gasteiger partial charge in [-0.2, -0.15) is 0 Å². The average molecular weight is 309 g/mol. The van der Waals surface area contributed by atoms with Crippen molar-refractivity contribution in [1.82, 2.24) is 5.32 Å². The normalized spacial score (nSPS) is 11.2. The smallest absolute Gasteiger partial charge is 0.305 e. The van der Waals surface area contributed by atoms with Gasteiger partial charge in [0.15, 0.2) is 0 Å². The number of hydrogen-bond acceptors (Lipinski definition) is 8. The van der Waals surface area contributed by atoms with Crippen LogP contribution >= 0.6 is 0 Å². The molecular weight excluding hydrogens is 294 g/mol. The third-order valence-corrected chi connectivity index (χ3v) is 2.19. The molecule has 0 aromatic heterocycles. The summed E-state index contributed by atoms with van der Waals surface area (Å²) in [6.07, 6.45) is -1.22. The molecule has 21 heavy (non-hydrogen) atoms. The summed E-state index contributed by atoms with van der Waals surface area (Å²) in [6.45, 7) is -0.637. The van der Waals surface area contributed by atoms with Gasteiger partial charge in [0.25, 0.3) is 10.2 Å². The van der Waals surface area contributed by atoms with E-state index in [0.717, 1.165) is 0 Å². The van der Waals surface area contributed by atoms with Crippen molar-refractivity contribution in [2.45, 2.75) is 31.8 Å². The maximum Gasteiger partial charge on any atom is 0.305 e. The predicted octanol–water partition coefficient (Wildman–Crippen LogP) is -0.467. The number of nitrogens with one attached hydrogen (secondary N) is 1. The number of aliphatic carboxylic acids is 1. The predicted molar refractivity (Wildman–Crippen MR) is 63.9 cm³/mol. The van der Waals surface area contributed by atoms with Crippen molar-refractivity contribution < 1.29 is 34.5 Å². The van der Waals surface area contributed by atoms with E-state index in [-0.39, 0.29) is 32.2 Å². The second kappa shape index (κ2) is 10.2. The van der Waals surface area contributed by atoms with Gasteiger partial charge >= 0.3 is 5.97 Å². The Bertz CT molecular complexity index is 387. The number of carboxylic acid groups (broad SMARTS) is 1. The Kier molecular flexibility index (Phi) is 8.88. The summed E-state index contributed by atoms with van der Waals surface area (Å²) >= 11 is 0. The van der Waals surface area contributed by atoms with Crippen LogP contribution in [0.4, 0.5) is 0 Å². The standard InChI is InChI=1S/C9H15N3O9/c13-8(10-5-4-9(14)15)3-1-2-7(21-12(18)19)6-20-11(16)17/h7H,1-6H2,(H,10,13)(H,14,15). The molecule has 1 unspecified atom stereocenters. The molecule has 1 atom stereocenters. The van der Waals surface area contributed by atoms with Crippen LogP contribution in [-0.2, 0) is 19.3 Å². The maximum atomic E-state index is 11.3. The van der Waals surface area contributed by atoms with E-state index in [2.05, 4.69) is 15.0 Å². The number of amides is 1. The molecule has 12 nitrogen and oxygen atoms in total.